The fourth-order valence-electron chi connectivity index (χ4n) is 2.92. The first kappa shape index (κ1) is 20.6. The molecule has 0 aromatic heterocycles. The molecule has 6 heteroatoms. The normalized spacial score (nSPS) is 12.2. The first-order valence-corrected chi connectivity index (χ1v) is 10.8. The number of nitrogens with zero attached hydrogens (tertiary/aromatic N) is 1. The molecule has 3 rings (SSSR count). The van der Waals surface area contributed by atoms with Gasteiger partial charge in [0.1, 0.15) is 0 Å². The van der Waals surface area contributed by atoms with Crippen LogP contribution in [0.5, 0.6) is 5.75 Å². The van der Waals surface area contributed by atoms with Gasteiger partial charge in [0.15, 0.2) is 5.84 Å². The third kappa shape index (κ3) is 4.84. The first-order valence-electron chi connectivity index (χ1n) is 9.32. The molecule has 0 heterocycles. The van der Waals surface area contributed by atoms with Gasteiger partial charge < -0.3 is 10.4 Å². The number of aryl methyl sites for hydroxylation is 1. The molecule has 0 fully saturated rings. The summed E-state index contributed by atoms with van der Waals surface area (Å²) < 4.78 is 29.8. The Kier molecular flexibility index (Phi) is 6.03. The molecule has 0 radical (unpaired) electrons. The van der Waals surface area contributed by atoms with Crippen LogP contribution in [0.1, 0.15) is 36.5 Å². The molecule has 1 N–H and O–H groups in total. The number of sulfonamides is 1. The summed E-state index contributed by atoms with van der Waals surface area (Å²) in [4.78, 5) is 0.115. The maximum atomic E-state index is 12.8. The van der Waals surface area contributed by atoms with Crippen molar-refractivity contribution in [3.8, 4) is 5.75 Å². The molecule has 3 aromatic carbocycles. The fraction of sp³-hybridized carbons (Fsp3) is 0.174. The molecule has 0 aliphatic rings. The average molecular weight is 408 g/mol. The molecule has 0 aliphatic heterocycles. The third-order valence-electron chi connectivity index (χ3n) is 4.53. The highest BCUT2D eigenvalue weighted by Gasteiger charge is 2.16. The van der Waals surface area contributed by atoms with Crippen molar-refractivity contribution in [2.45, 2.75) is 31.6 Å². The number of benzene rings is 3. The van der Waals surface area contributed by atoms with E-state index in [1.807, 2.05) is 39.0 Å². The van der Waals surface area contributed by atoms with Crippen LogP contribution in [-0.2, 0) is 10.0 Å². The molecule has 0 saturated carbocycles. The quantitative estimate of drug-likeness (QED) is 0.501. The Balaban J connectivity index is 2.11. The first-order chi connectivity index (χ1) is 13.8. The summed E-state index contributed by atoms with van der Waals surface area (Å²) in [5, 5.41) is 15.4. The summed E-state index contributed by atoms with van der Waals surface area (Å²) >= 11 is 0. The van der Waals surface area contributed by atoms with Gasteiger partial charge in [0, 0.05) is 11.3 Å². The van der Waals surface area contributed by atoms with Crippen LogP contribution in [-0.4, -0.2) is 14.3 Å². The minimum Gasteiger partial charge on any atom is -0.872 e. The summed E-state index contributed by atoms with van der Waals surface area (Å²) in [6.07, 6.45) is 0. The van der Waals surface area contributed by atoms with Crippen molar-refractivity contribution >= 4 is 21.5 Å². The van der Waals surface area contributed by atoms with Gasteiger partial charge in [-0.2, -0.15) is 8.42 Å². The van der Waals surface area contributed by atoms with E-state index in [2.05, 4.69) is 9.71 Å². The lowest BCUT2D eigenvalue weighted by atomic mass is 9.99. The number of amidine groups is 1. The van der Waals surface area contributed by atoms with Crippen molar-refractivity contribution in [2.75, 3.05) is 5.32 Å². The van der Waals surface area contributed by atoms with Gasteiger partial charge in [-0.15, -0.1) is 10.1 Å². The van der Waals surface area contributed by atoms with E-state index in [4.69, 9.17) is 0 Å². The molecular formula is C23H23N2O3S-. The van der Waals surface area contributed by atoms with Crippen molar-refractivity contribution in [2.24, 2.45) is 4.40 Å². The summed E-state index contributed by atoms with van der Waals surface area (Å²) in [5.41, 5.74) is 2.67. The lowest BCUT2D eigenvalue weighted by molar-refractivity contribution is -0.269. The predicted octanol–water partition coefficient (Wildman–Crippen LogP) is 4.44. The minimum atomic E-state index is -3.91. The van der Waals surface area contributed by atoms with Crippen molar-refractivity contribution in [1.29, 1.82) is 0 Å². The van der Waals surface area contributed by atoms with Crippen LogP contribution < -0.4 is 10.4 Å². The zero-order valence-corrected chi connectivity index (χ0v) is 17.4. The third-order valence-corrected chi connectivity index (χ3v) is 5.82. The Morgan fingerprint density at radius 1 is 0.966 bits per heavy atom. The minimum absolute atomic E-state index is 0.0295. The van der Waals surface area contributed by atoms with Crippen LogP contribution in [0.4, 0.5) is 5.69 Å². The molecule has 0 atom stereocenters. The zero-order valence-electron chi connectivity index (χ0n) is 16.6. The van der Waals surface area contributed by atoms with Gasteiger partial charge in [0.05, 0.1) is 4.90 Å². The van der Waals surface area contributed by atoms with Crippen molar-refractivity contribution < 1.29 is 13.5 Å². The van der Waals surface area contributed by atoms with Crippen LogP contribution in [0.25, 0.3) is 0 Å². The summed E-state index contributed by atoms with van der Waals surface area (Å²) in [6, 6.07) is 20.5. The lowest BCUT2D eigenvalue weighted by Crippen LogP contribution is -2.17. The number of nitrogens with one attached hydrogen (secondary N) is 1. The van der Waals surface area contributed by atoms with E-state index in [9.17, 15) is 13.5 Å². The number of hydrogen-bond acceptors (Lipinski definition) is 3. The van der Waals surface area contributed by atoms with E-state index >= 15 is 0 Å². The van der Waals surface area contributed by atoms with Gasteiger partial charge in [0.2, 0.25) is 0 Å². The Morgan fingerprint density at radius 2 is 1.55 bits per heavy atom. The SMILES string of the molecule is Cc1cc([O-])c(C(C)C)cc1NC(=NS(=O)(=O)c1ccccc1)c1ccccc1. The van der Waals surface area contributed by atoms with E-state index in [0.29, 0.717) is 16.8 Å². The Hall–Kier alpha value is -3.12. The van der Waals surface area contributed by atoms with Crippen molar-refractivity contribution in [3.63, 3.8) is 0 Å². The van der Waals surface area contributed by atoms with Gasteiger partial charge in [-0.3, -0.25) is 0 Å². The molecule has 150 valence electrons. The Bertz CT molecular complexity index is 1120. The van der Waals surface area contributed by atoms with Crippen LogP contribution in [0.2, 0.25) is 0 Å². The van der Waals surface area contributed by atoms with Crippen LogP contribution in [0.3, 0.4) is 0 Å². The molecule has 0 amide bonds. The zero-order chi connectivity index (χ0) is 21.0. The van der Waals surface area contributed by atoms with E-state index in [1.54, 1.807) is 42.5 Å². The van der Waals surface area contributed by atoms with Gasteiger partial charge in [-0.1, -0.05) is 74.0 Å². The molecule has 0 spiro atoms. The molecule has 0 saturated heterocycles. The Morgan fingerprint density at radius 3 is 2.14 bits per heavy atom. The second-order valence-corrected chi connectivity index (χ2v) is 8.68. The van der Waals surface area contributed by atoms with E-state index in [-0.39, 0.29) is 22.4 Å². The molecular weight excluding hydrogens is 384 g/mol. The van der Waals surface area contributed by atoms with Crippen LogP contribution in [0.15, 0.2) is 82.1 Å². The smallest absolute Gasteiger partial charge is 0.284 e. The summed E-state index contributed by atoms with van der Waals surface area (Å²) in [7, 11) is -3.91. The highest BCUT2D eigenvalue weighted by atomic mass is 32.2. The largest absolute Gasteiger partial charge is 0.872 e. The topological polar surface area (TPSA) is 81.6 Å². The van der Waals surface area contributed by atoms with E-state index in [1.165, 1.54) is 12.1 Å². The summed E-state index contributed by atoms with van der Waals surface area (Å²) in [5.74, 6) is 0.220. The molecule has 29 heavy (non-hydrogen) atoms. The lowest BCUT2D eigenvalue weighted by Gasteiger charge is -2.21. The molecule has 0 aliphatic carbocycles. The van der Waals surface area contributed by atoms with Gasteiger partial charge in [0.25, 0.3) is 10.0 Å². The average Bonchev–Trinajstić information content (AvgIpc) is 2.70. The van der Waals surface area contributed by atoms with E-state index < -0.39 is 10.0 Å². The highest BCUT2D eigenvalue weighted by molar-refractivity contribution is 7.90. The monoisotopic (exact) mass is 407 g/mol. The van der Waals surface area contributed by atoms with E-state index in [0.717, 1.165) is 5.56 Å². The Labute approximate surface area is 171 Å². The maximum absolute atomic E-state index is 12.8. The van der Waals surface area contributed by atoms with Crippen LogP contribution >= 0.6 is 0 Å². The maximum Gasteiger partial charge on any atom is 0.284 e. The second-order valence-electron chi connectivity index (χ2n) is 7.08. The fourth-order valence-corrected chi connectivity index (χ4v) is 3.92. The molecule has 3 aromatic rings. The van der Waals surface area contributed by atoms with Crippen LogP contribution in [0, 0.1) is 6.92 Å². The van der Waals surface area contributed by atoms with Gasteiger partial charge in [-0.05, 0) is 36.6 Å². The number of hydrogen-bond donors (Lipinski definition) is 1. The van der Waals surface area contributed by atoms with Crippen molar-refractivity contribution in [3.05, 3.63) is 89.5 Å². The number of anilines is 1. The number of rotatable bonds is 5. The summed E-state index contributed by atoms with van der Waals surface area (Å²) in [6.45, 7) is 5.70. The molecule has 0 bridgehead atoms. The molecule has 0 unspecified atom stereocenters. The molecule has 5 nitrogen and oxygen atoms in total. The highest BCUT2D eigenvalue weighted by Crippen LogP contribution is 2.30. The second kappa shape index (κ2) is 8.49. The predicted molar refractivity (Wildman–Crippen MR) is 115 cm³/mol. The standard InChI is InChI=1S/C23H24N2O3S/c1-16(2)20-15-21(17(3)14-22(20)26)24-23(18-10-6-4-7-11-18)25-29(27,28)19-12-8-5-9-13-19/h4-16,26H,1-3H3,(H,24,25)/p-1. The van der Waals surface area contributed by atoms with Gasteiger partial charge in [-0.25, -0.2) is 0 Å². The van der Waals surface area contributed by atoms with Gasteiger partial charge >= 0.3 is 0 Å². The van der Waals surface area contributed by atoms with Crippen molar-refractivity contribution in [1.82, 2.24) is 0 Å².